The number of nitrogens with zero attached hydrogens (tertiary/aromatic N) is 2. The van der Waals surface area contributed by atoms with Gasteiger partial charge in [-0.05, 0) is 32.4 Å². The highest BCUT2D eigenvalue weighted by Crippen LogP contribution is 2.16. The minimum atomic E-state index is 0.0424. The number of nitrogens with one attached hydrogen (secondary N) is 1. The topological polar surface area (TPSA) is 29.9 Å². The Morgan fingerprint density at radius 2 is 1.95 bits per heavy atom. The Morgan fingerprint density at radius 3 is 2.58 bits per heavy atom. The summed E-state index contributed by atoms with van der Waals surface area (Å²) >= 11 is 3.56. The molecule has 0 spiro atoms. The van der Waals surface area contributed by atoms with Crippen LogP contribution in [0.5, 0.6) is 0 Å². The standard InChI is InChI=1S/C15H20BrN3/c1-15(2,3)19-11-12(9-18-19)8-17-10-13-6-4-5-7-14(13)16/h4-7,9,11,17H,8,10H2,1-3H3. The molecule has 0 unspecified atom stereocenters. The summed E-state index contributed by atoms with van der Waals surface area (Å²) in [6, 6.07) is 8.27. The molecule has 1 N–H and O–H groups in total. The minimum Gasteiger partial charge on any atom is -0.308 e. The van der Waals surface area contributed by atoms with Crippen molar-refractivity contribution in [3.05, 3.63) is 52.3 Å². The van der Waals surface area contributed by atoms with Crippen molar-refractivity contribution in [2.75, 3.05) is 0 Å². The lowest BCUT2D eigenvalue weighted by Gasteiger charge is -2.18. The summed E-state index contributed by atoms with van der Waals surface area (Å²) in [6.07, 6.45) is 4.03. The first kappa shape index (κ1) is 14.3. The van der Waals surface area contributed by atoms with Gasteiger partial charge in [-0.15, -0.1) is 0 Å². The third kappa shape index (κ3) is 3.91. The van der Waals surface area contributed by atoms with Crippen LogP contribution in [-0.4, -0.2) is 9.78 Å². The first-order chi connectivity index (χ1) is 8.97. The molecule has 0 atom stereocenters. The molecule has 0 aliphatic rings. The number of hydrogen-bond donors (Lipinski definition) is 1. The molecule has 19 heavy (non-hydrogen) atoms. The van der Waals surface area contributed by atoms with Gasteiger partial charge in [0.2, 0.25) is 0 Å². The van der Waals surface area contributed by atoms with Crippen LogP contribution in [0.1, 0.15) is 31.9 Å². The van der Waals surface area contributed by atoms with Crippen molar-refractivity contribution < 1.29 is 0 Å². The molecule has 0 radical (unpaired) electrons. The van der Waals surface area contributed by atoms with Crippen LogP contribution in [-0.2, 0) is 18.6 Å². The monoisotopic (exact) mass is 321 g/mol. The van der Waals surface area contributed by atoms with Crippen LogP contribution in [0.4, 0.5) is 0 Å². The molecule has 2 rings (SSSR count). The normalized spacial score (nSPS) is 11.8. The minimum absolute atomic E-state index is 0.0424. The Kier molecular flexibility index (Phi) is 4.42. The summed E-state index contributed by atoms with van der Waals surface area (Å²) in [5, 5.41) is 7.84. The Balaban J connectivity index is 1.90. The second-order valence-electron chi connectivity index (χ2n) is 5.66. The smallest absolute Gasteiger partial charge is 0.0543 e. The lowest BCUT2D eigenvalue weighted by Crippen LogP contribution is -2.22. The van der Waals surface area contributed by atoms with Crippen LogP contribution >= 0.6 is 15.9 Å². The van der Waals surface area contributed by atoms with Gasteiger partial charge in [0.15, 0.2) is 0 Å². The highest BCUT2D eigenvalue weighted by molar-refractivity contribution is 9.10. The third-order valence-corrected chi connectivity index (χ3v) is 3.70. The summed E-state index contributed by atoms with van der Waals surface area (Å²) in [7, 11) is 0. The Bertz CT molecular complexity index is 540. The number of aromatic nitrogens is 2. The van der Waals surface area contributed by atoms with E-state index < -0.39 is 0 Å². The van der Waals surface area contributed by atoms with Gasteiger partial charge in [0, 0.05) is 29.3 Å². The fraction of sp³-hybridized carbons (Fsp3) is 0.400. The molecule has 102 valence electrons. The van der Waals surface area contributed by atoms with Crippen LogP contribution in [0.15, 0.2) is 41.1 Å². The maximum atomic E-state index is 4.40. The summed E-state index contributed by atoms with van der Waals surface area (Å²) in [6.45, 7) is 8.13. The van der Waals surface area contributed by atoms with E-state index in [0.29, 0.717) is 0 Å². The number of hydrogen-bond acceptors (Lipinski definition) is 2. The first-order valence-electron chi connectivity index (χ1n) is 6.45. The van der Waals surface area contributed by atoms with E-state index in [1.54, 1.807) is 0 Å². The number of benzene rings is 1. The van der Waals surface area contributed by atoms with Crippen LogP contribution in [0.3, 0.4) is 0 Å². The van der Waals surface area contributed by atoms with Gasteiger partial charge in [-0.3, -0.25) is 4.68 Å². The van der Waals surface area contributed by atoms with Gasteiger partial charge in [0.05, 0.1) is 11.7 Å². The predicted molar refractivity (Wildman–Crippen MR) is 81.9 cm³/mol. The summed E-state index contributed by atoms with van der Waals surface area (Å²) in [5.41, 5.74) is 2.52. The maximum Gasteiger partial charge on any atom is 0.0543 e. The van der Waals surface area contributed by atoms with Crippen molar-refractivity contribution in [1.29, 1.82) is 0 Å². The maximum absolute atomic E-state index is 4.40. The average Bonchev–Trinajstić information content (AvgIpc) is 2.80. The van der Waals surface area contributed by atoms with E-state index in [2.05, 4.69) is 71.5 Å². The fourth-order valence-electron chi connectivity index (χ4n) is 1.80. The van der Waals surface area contributed by atoms with E-state index in [0.717, 1.165) is 17.6 Å². The lowest BCUT2D eigenvalue weighted by atomic mass is 10.1. The molecule has 3 nitrogen and oxygen atoms in total. The van der Waals surface area contributed by atoms with Crippen molar-refractivity contribution in [3.63, 3.8) is 0 Å². The second kappa shape index (κ2) is 5.88. The van der Waals surface area contributed by atoms with Gasteiger partial charge in [-0.1, -0.05) is 34.1 Å². The summed E-state index contributed by atoms with van der Waals surface area (Å²) < 4.78 is 3.15. The van der Waals surface area contributed by atoms with Crippen LogP contribution in [0.2, 0.25) is 0 Å². The zero-order valence-corrected chi connectivity index (χ0v) is 13.2. The Labute approximate surface area is 123 Å². The molecular weight excluding hydrogens is 302 g/mol. The van der Waals surface area contributed by atoms with Gasteiger partial charge < -0.3 is 5.32 Å². The van der Waals surface area contributed by atoms with E-state index in [4.69, 9.17) is 0 Å². The largest absolute Gasteiger partial charge is 0.308 e. The van der Waals surface area contributed by atoms with E-state index in [1.165, 1.54) is 11.1 Å². The predicted octanol–water partition coefficient (Wildman–Crippen LogP) is 3.69. The zero-order valence-electron chi connectivity index (χ0n) is 11.7. The quantitative estimate of drug-likeness (QED) is 0.930. The molecule has 1 heterocycles. The van der Waals surface area contributed by atoms with Crippen molar-refractivity contribution in [3.8, 4) is 0 Å². The number of halogens is 1. The lowest BCUT2D eigenvalue weighted by molar-refractivity contribution is 0.355. The van der Waals surface area contributed by atoms with Crippen molar-refractivity contribution in [1.82, 2.24) is 15.1 Å². The fourth-order valence-corrected chi connectivity index (χ4v) is 2.23. The van der Waals surface area contributed by atoms with Gasteiger partial charge >= 0.3 is 0 Å². The van der Waals surface area contributed by atoms with Gasteiger partial charge in [-0.25, -0.2) is 0 Å². The first-order valence-corrected chi connectivity index (χ1v) is 7.24. The van der Waals surface area contributed by atoms with Crippen molar-refractivity contribution in [2.45, 2.75) is 39.4 Å². The van der Waals surface area contributed by atoms with E-state index in [1.807, 2.05) is 16.9 Å². The average molecular weight is 322 g/mol. The van der Waals surface area contributed by atoms with Crippen LogP contribution in [0, 0.1) is 0 Å². The highest BCUT2D eigenvalue weighted by Gasteiger charge is 2.13. The van der Waals surface area contributed by atoms with Crippen LogP contribution in [0.25, 0.3) is 0 Å². The molecular formula is C15H20BrN3. The Morgan fingerprint density at radius 1 is 1.21 bits per heavy atom. The SMILES string of the molecule is CC(C)(C)n1cc(CNCc2ccccc2Br)cn1. The molecule has 0 aliphatic heterocycles. The molecule has 0 aliphatic carbocycles. The molecule has 4 heteroatoms. The molecule has 1 aromatic carbocycles. The van der Waals surface area contributed by atoms with Crippen molar-refractivity contribution in [2.24, 2.45) is 0 Å². The molecule has 0 saturated heterocycles. The zero-order chi connectivity index (χ0) is 13.9. The summed E-state index contributed by atoms with van der Waals surface area (Å²) in [5.74, 6) is 0. The van der Waals surface area contributed by atoms with E-state index in [9.17, 15) is 0 Å². The summed E-state index contributed by atoms with van der Waals surface area (Å²) in [4.78, 5) is 0. The highest BCUT2D eigenvalue weighted by atomic mass is 79.9. The van der Waals surface area contributed by atoms with Crippen LogP contribution < -0.4 is 5.32 Å². The molecule has 0 amide bonds. The molecule has 1 aromatic heterocycles. The second-order valence-corrected chi connectivity index (χ2v) is 6.51. The third-order valence-electron chi connectivity index (χ3n) is 2.93. The van der Waals surface area contributed by atoms with Crippen molar-refractivity contribution >= 4 is 15.9 Å². The van der Waals surface area contributed by atoms with E-state index >= 15 is 0 Å². The Hall–Kier alpha value is -1.13. The molecule has 0 bridgehead atoms. The molecule has 0 saturated carbocycles. The van der Waals surface area contributed by atoms with E-state index in [-0.39, 0.29) is 5.54 Å². The van der Waals surface area contributed by atoms with Gasteiger partial charge in [0.1, 0.15) is 0 Å². The molecule has 0 fully saturated rings. The van der Waals surface area contributed by atoms with Gasteiger partial charge in [0.25, 0.3) is 0 Å². The van der Waals surface area contributed by atoms with Gasteiger partial charge in [-0.2, -0.15) is 5.10 Å². The molecule has 2 aromatic rings. The number of rotatable bonds is 4.